The van der Waals surface area contributed by atoms with Gasteiger partial charge in [-0.1, -0.05) is 0 Å². The SMILES string of the molecule is CCOC(=N)CCSCc1cc(OC)ccn1. The van der Waals surface area contributed by atoms with E-state index in [0.717, 1.165) is 22.9 Å². The van der Waals surface area contributed by atoms with E-state index >= 15 is 0 Å². The molecule has 1 aromatic rings. The fourth-order valence-corrected chi connectivity index (χ4v) is 2.09. The molecule has 0 amide bonds. The molecule has 0 aliphatic rings. The van der Waals surface area contributed by atoms with Gasteiger partial charge in [-0.3, -0.25) is 10.4 Å². The van der Waals surface area contributed by atoms with Gasteiger partial charge in [0.25, 0.3) is 0 Å². The Morgan fingerprint density at radius 2 is 2.35 bits per heavy atom. The molecule has 0 unspecified atom stereocenters. The maximum absolute atomic E-state index is 7.46. The van der Waals surface area contributed by atoms with E-state index < -0.39 is 0 Å². The maximum atomic E-state index is 7.46. The van der Waals surface area contributed by atoms with Gasteiger partial charge in [0.1, 0.15) is 5.75 Å². The molecule has 0 bridgehead atoms. The van der Waals surface area contributed by atoms with Crippen LogP contribution in [0.1, 0.15) is 19.0 Å². The van der Waals surface area contributed by atoms with Crippen molar-refractivity contribution in [2.24, 2.45) is 0 Å². The highest BCUT2D eigenvalue weighted by Gasteiger charge is 2.00. The van der Waals surface area contributed by atoms with E-state index in [-0.39, 0.29) is 0 Å². The van der Waals surface area contributed by atoms with Crippen molar-refractivity contribution in [3.63, 3.8) is 0 Å². The number of nitrogens with one attached hydrogen (secondary N) is 1. The Kier molecular flexibility index (Phi) is 6.47. The van der Waals surface area contributed by atoms with Crippen LogP contribution in [0.3, 0.4) is 0 Å². The molecule has 0 aromatic carbocycles. The molecule has 1 rings (SSSR count). The van der Waals surface area contributed by atoms with E-state index in [2.05, 4.69) is 4.98 Å². The lowest BCUT2D eigenvalue weighted by molar-refractivity contribution is 0.316. The Morgan fingerprint density at radius 3 is 3.06 bits per heavy atom. The summed E-state index contributed by atoms with van der Waals surface area (Å²) in [6.45, 7) is 2.46. The van der Waals surface area contributed by atoms with Crippen molar-refractivity contribution in [2.45, 2.75) is 19.1 Å². The lowest BCUT2D eigenvalue weighted by atomic mass is 10.3. The normalized spacial score (nSPS) is 10.0. The van der Waals surface area contributed by atoms with Gasteiger partial charge in [0.05, 0.1) is 19.4 Å². The van der Waals surface area contributed by atoms with Crippen LogP contribution in [0.5, 0.6) is 5.75 Å². The van der Waals surface area contributed by atoms with Gasteiger partial charge in [-0.25, -0.2) is 0 Å². The van der Waals surface area contributed by atoms with Crippen LogP contribution in [0.15, 0.2) is 18.3 Å². The van der Waals surface area contributed by atoms with Gasteiger partial charge in [-0.15, -0.1) is 0 Å². The summed E-state index contributed by atoms with van der Waals surface area (Å²) in [5.74, 6) is 2.89. The standard InChI is InChI=1S/C12H18N2O2S/c1-3-16-12(13)5-7-17-9-10-8-11(15-2)4-6-14-10/h4,6,8,13H,3,5,7,9H2,1-2H3. The summed E-state index contributed by atoms with van der Waals surface area (Å²) in [4.78, 5) is 4.25. The van der Waals surface area contributed by atoms with Gasteiger partial charge in [-0.05, 0) is 13.0 Å². The van der Waals surface area contributed by atoms with E-state index in [4.69, 9.17) is 14.9 Å². The van der Waals surface area contributed by atoms with Crippen LogP contribution in [-0.2, 0) is 10.5 Å². The van der Waals surface area contributed by atoms with Gasteiger partial charge in [-0.2, -0.15) is 11.8 Å². The third-order valence-corrected chi connectivity index (χ3v) is 3.06. The second kappa shape index (κ2) is 7.95. The van der Waals surface area contributed by atoms with Crippen molar-refractivity contribution in [2.75, 3.05) is 19.5 Å². The van der Waals surface area contributed by atoms with Crippen LogP contribution < -0.4 is 4.74 Å². The molecule has 0 aliphatic carbocycles. The van der Waals surface area contributed by atoms with Crippen molar-refractivity contribution in [3.8, 4) is 5.75 Å². The molecule has 0 fully saturated rings. The predicted molar refractivity (Wildman–Crippen MR) is 70.9 cm³/mol. The maximum Gasteiger partial charge on any atom is 0.181 e. The highest BCUT2D eigenvalue weighted by atomic mass is 32.2. The minimum absolute atomic E-state index is 0.360. The van der Waals surface area contributed by atoms with E-state index in [1.165, 1.54) is 0 Å². The number of hydrogen-bond acceptors (Lipinski definition) is 5. The zero-order chi connectivity index (χ0) is 12.5. The number of thioether (sulfide) groups is 1. The quantitative estimate of drug-likeness (QED) is 0.462. The Hall–Kier alpha value is -1.23. The second-order valence-corrected chi connectivity index (χ2v) is 4.45. The largest absolute Gasteiger partial charge is 0.497 e. The molecule has 4 nitrogen and oxygen atoms in total. The van der Waals surface area contributed by atoms with Crippen LogP contribution in [0.4, 0.5) is 0 Å². The van der Waals surface area contributed by atoms with Gasteiger partial charge < -0.3 is 9.47 Å². The van der Waals surface area contributed by atoms with Crippen molar-refractivity contribution < 1.29 is 9.47 Å². The minimum atomic E-state index is 0.360. The smallest absolute Gasteiger partial charge is 0.181 e. The van der Waals surface area contributed by atoms with Gasteiger partial charge in [0.15, 0.2) is 5.90 Å². The van der Waals surface area contributed by atoms with Gasteiger partial charge in [0, 0.05) is 30.2 Å². The zero-order valence-electron chi connectivity index (χ0n) is 10.2. The number of aromatic nitrogens is 1. The molecule has 0 saturated heterocycles. The molecule has 94 valence electrons. The number of rotatable bonds is 7. The number of nitrogens with zero attached hydrogens (tertiary/aromatic N) is 1. The summed E-state index contributed by atoms with van der Waals surface area (Å²) in [5.41, 5.74) is 0.997. The molecule has 1 aromatic heterocycles. The Bertz CT molecular complexity index is 358. The lowest BCUT2D eigenvalue weighted by Gasteiger charge is -2.05. The van der Waals surface area contributed by atoms with Crippen molar-refractivity contribution in [1.82, 2.24) is 4.98 Å². The van der Waals surface area contributed by atoms with E-state index in [9.17, 15) is 0 Å². The third kappa shape index (κ3) is 5.58. The number of ether oxygens (including phenoxy) is 2. The van der Waals surface area contributed by atoms with Crippen LogP contribution in [0.25, 0.3) is 0 Å². The number of hydrogen-bond donors (Lipinski definition) is 1. The fourth-order valence-electron chi connectivity index (χ4n) is 1.25. The Labute approximate surface area is 106 Å². The molecule has 0 spiro atoms. The molecular formula is C12H18N2O2S. The molecule has 0 saturated carbocycles. The zero-order valence-corrected chi connectivity index (χ0v) is 11.0. The summed E-state index contributed by atoms with van der Waals surface area (Å²) in [6.07, 6.45) is 2.42. The molecule has 0 atom stereocenters. The van der Waals surface area contributed by atoms with E-state index in [0.29, 0.717) is 18.9 Å². The monoisotopic (exact) mass is 254 g/mol. The molecule has 5 heteroatoms. The average Bonchev–Trinajstić information content (AvgIpc) is 2.35. The first-order valence-electron chi connectivity index (χ1n) is 5.53. The molecule has 17 heavy (non-hydrogen) atoms. The van der Waals surface area contributed by atoms with Crippen molar-refractivity contribution in [3.05, 3.63) is 24.0 Å². The van der Waals surface area contributed by atoms with Crippen molar-refractivity contribution >= 4 is 17.7 Å². The highest BCUT2D eigenvalue weighted by Crippen LogP contribution is 2.16. The summed E-state index contributed by atoms with van der Waals surface area (Å²) in [6, 6.07) is 3.76. The average molecular weight is 254 g/mol. The predicted octanol–water partition coefficient (Wildman–Crippen LogP) is 2.73. The van der Waals surface area contributed by atoms with Gasteiger partial charge in [0.2, 0.25) is 0 Å². The fraction of sp³-hybridized carbons (Fsp3) is 0.500. The van der Waals surface area contributed by atoms with Crippen LogP contribution >= 0.6 is 11.8 Å². The molecule has 1 heterocycles. The van der Waals surface area contributed by atoms with Crippen molar-refractivity contribution in [1.29, 1.82) is 5.41 Å². The van der Waals surface area contributed by atoms with E-state index in [1.54, 1.807) is 25.1 Å². The number of methoxy groups -OCH3 is 1. The van der Waals surface area contributed by atoms with Crippen LogP contribution in [0.2, 0.25) is 0 Å². The number of pyridine rings is 1. The highest BCUT2D eigenvalue weighted by molar-refractivity contribution is 7.98. The molecule has 0 aliphatic heterocycles. The topological polar surface area (TPSA) is 55.2 Å². The first kappa shape index (κ1) is 13.8. The first-order chi connectivity index (χ1) is 8.26. The minimum Gasteiger partial charge on any atom is -0.497 e. The van der Waals surface area contributed by atoms with Crippen LogP contribution in [0, 0.1) is 5.41 Å². The van der Waals surface area contributed by atoms with Gasteiger partial charge >= 0.3 is 0 Å². The molecule has 0 radical (unpaired) electrons. The second-order valence-electron chi connectivity index (χ2n) is 3.35. The molecular weight excluding hydrogens is 236 g/mol. The Morgan fingerprint density at radius 1 is 1.53 bits per heavy atom. The van der Waals surface area contributed by atoms with E-state index in [1.807, 2.05) is 19.1 Å². The molecule has 1 N–H and O–H groups in total. The summed E-state index contributed by atoms with van der Waals surface area (Å²) in [5, 5.41) is 7.46. The third-order valence-electron chi connectivity index (χ3n) is 2.07. The lowest BCUT2D eigenvalue weighted by Crippen LogP contribution is -2.03. The van der Waals surface area contributed by atoms with Crippen LogP contribution in [-0.4, -0.2) is 30.4 Å². The summed E-state index contributed by atoms with van der Waals surface area (Å²) >= 11 is 1.74. The first-order valence-corrected chi connectivity index (χ1v) is 6.68. The summed E-state index contributed by atoms with van der Waals surface area (Å²) < 4.78 is 10.2. The summed E-state index contributed by atoms with van der Waals surface area (Å²) in [7, 11) is 1.65. The Balaban J connectivity index is 2.24.